The second kappa shape index (κ2) is 5.85. The third-order valence-electron chi connectivity index (χ3n) is 3.24. The van der Waals surface area contributed by atoms with Gasteiger partial charge in [0.25, 0.3) is 0 Å². The average Bonchev–Trinajstić information content (AvgIpc) is 2.64. The minimum absolute atomic E-state index is 0.335. The molecule has 1 nitrogen and oxygen atoms in total. The summed E-state index contributed by atoms with van der Waals surface area (Å²) in [6.07, 6.45) is 5.04. The summed E-state index contributed by atoms with van der Waals surface area (Å²) in [5, 5.41) is 2.48. The Labute approximate surface area is 115 Å². The molecule has 0 amide bonds. The zero-order chi connectivity index (χ0) is 11.5. The van der Waals surface area contributed by atoms with E-state index in [9.17, 15) is 0 Å². The molecule has 1 aliphatic carbocycles. The monoisotopic (exact) mass is 321 g/mol. The van der Waals surface area contributed by atoms with E-state index in [-0.39, 0.29) is 0 Å². The summed E-state index contributed by atoms with van der Waals surface area (Å²) in [7, 11) is 2.19. The summed E-state index contributed by atoms with van der Waals surface area (Å²) in [5.41, 5.74) is 0. The molecular formula is C12H17BrClNS. The topological polar surface area (TPSA) is 3.24 Å². The first-order valence-electron chi connectivity index (χ1n) is 5.74. The van der Waals surface area contributed by atoms with E-state index in [1.54, 1.807) is 0 Å². The van der Waals surface area contributed by atoms with Gasteiger partial charge in [0.15, 0.2) is 0 Å². The first kappa shape index (κ1) is 12.9. The van der Waals surface area contributed by atoms with E-state index in [0.29, 0.717) is 11.4 Å². The maximum atomic E-state index is 6.40. The molecule has 1 heterocycles. The lowest BCUT2D eigenvalue weighted by atomic mass is 9.94. The molecule has 90 valence electrons. The molecule has 0 aliphatic heterocycles. The predicted octanol–water partition coefficient (Wildman–Crippen LogP) is 4.49. The van der Waals surface area contributed by atoms with Crippen LogP contribution in [0.15, 0.2) is 15.9 Å². The zero-order valence-electron chi connectivity index (χ0n) is 9.46. The third kappa shape index (κ3) is 3.22. The number of alkyl halides is 1. The Balaban J connectivity index is 1.93. The Morgan fingerprint density at radius 1 is 1.50 bits per heavy atom. The maximum Gasteiger partial charge on any atom is 0.0491 e. The number of hydrogen-bond acceptors (Lipinski definition) is 2. The first-order chi connectivity index (χ1) is 7.66. The SMILES string of the molecule is CN(Cc1cc(Br)cs1)C1CCCCC1Cl. The molecular weight excluding hydrogens is 306 g/mol. The Hall–Kier alpha value is 0.430. The molecule has 0 bridgehead atoms. The Bertz CT molecular complexity index is 342. The van der Waals surface area contributed by atoms with Crippen LogP contribution in [-0.2, 0) is 6.54 Å². The van der Waals surface area contributed by atoms with Gasteiger partial charge in [0.2, 0.25) is 0 Å². The van der Waals surface area contributed by atoms with Crippen LogP contribution in [0.2, 0.25) is 0 Å². The molecule has 0 saturated heterocycles. The Morgan fingerprint density at radius 3 is 2.88 bits per heavy atom. The van der Waals surface area contributed by atoms with Gasteiger partial charge in [0, 0.05) is 32.7 Å². The van der Waals surface area contributed by atoms with Gasteiger partial charge in [-0.05, 0) is 41.9 Å². The van der Waals surface area contributed by atoms with Gasteiger partial charge in [0.1, 0.15) is 0 Å². The number of halogens is 2. The molecule has 4 heteroatoms. The fraction of sp³-hybridized carbons (Fsp3) is 0.667. The van der Waals surface area contributed by atoms with Crippen molar-refractivity contribution < 1.29 is 0 Å². The number of nitrogens with zero attached hydrogens (tertiary/aromatic N) is 1. The minimum Gasteiger partial charge on any atom is -0.297 e. The molecule has 1 aromatic rings. The second-order valence-corrected chi connectivity index (χ2v) is 6.99. The van der Waals surface area contributed by atoms with Gasteiger partial charge in [-0.1, -0.05) is 12.8 Å². The highest BCUT2D eigenvalue weighted by atomic mass is 79.9. The lowest BCUT2D eigenvalue weighted by molar-refractivity contribution is 0.190. The second-order valence-electron chi connectivity index (χ2n) is 4.51. The van der Waals surface area contributed by atoms with Gasteiger partial charge in [-0.25, -0.2) is 0 Å². The van der Waals surface area contributed by atoms with Crippen molar-refractivity contribution in [2.24, 2.45) is 0 Å². The van der Waals surface area contributed by atoms with Crippen LogP contribution in [0.5, 0.6) is 0 Å². The highest BCUT2D eigenvalue weighted by Crippen LogP contribution is 2.28. The molecule has 0 aromatic carbocycles. The number of rotatable bonds is 3. The molecule has 1 fully saturated rings. The average molecular weight is 323 g/mol. The van der Waals surface area contributed by atoms with Crippen LogP contribution in [0.25, 0.3) is 0 Å². The van der Waals surface area contributed by atoms with Gasteiger partial charge < -0.3 is 0 Å². The summed E-state index contributed by atoms with van der Waals surface area (Å²) in [6, 6.07) is 2.75. The summed E-state index contributed by atoms with van der Waals surface area (Å²) in [4.78, 5) is 3.82. The summed E-state index contributed by atoms with van der Waals surface area (Å²) in [6.45, 7) is 1.02. The highest BCUT2D eigenvalue weighted by Gasteiger charge is 2.26. The van der Waals surface area contributed by atoms with Crippen LogP contribution in [0.4, 0.5) is 0 Å². The molecule has 0 N–H and O–H groups in total. The maximum absolute atomic E-state index is 6.40. The molecule has 16 heavy (non-hydrogen) atoms. The predicted molar refractivity (Wildman–Crippen MR) is 75.4 cm³/mol. The van der Waals surface area contributed by atoms with Crippen LogP contribution in [-0.4, -0.2) is 23.4 Å². The molecule has 1 aromatic heterocycles. The van der Waals surface area contributed by atoms with Gasteiger partial charge in [-0.15, -0.1) is 22.9 Å². The van der Waals surface area contributed by atoms with Crippen molar-refractivity contribution in [2.45, 2.75) is 43.6 Å². The van der Waals surface area contributed by atoms with Crippen molar-refractivity contribution in [2.75, 3.05) is 7.05 Å². The molecule has 2 unspecified atom stereocenters. The van der Waals surface area contributed by atoms with Crippen molar-refractivity contribution >= 4 is 38.9 Å². The lowest BCUT2D eigenvalue weighted by Crippen LogP contribution is -2.40. The van der Waals surface area contributed by atoms with E-state index >= 15 is 0 Å². The molecule has 1 aliphatic rings. The van der Waals surface area contributed by atoms with Crippen LogP contribution < -0.4 is 0 Å². The summed E-state index contributed by atoms with van der Waals surface area (Å²) >= 11 is 11.7. The summed E-state index contributed by atoms with van der Waals surface area (Å²) < 4.78 is 1.19. The van der Waals surface area contributed by atoms with Crippen molar-refractivity contribution in [1.82, 2.24) is 4.90 Å². The first-order valence-corrected chi connectivity index (χ1v) is 7.85. The molecule has 0 spiro atoms. The highest BCUT2D eigenvalue weighted by molar-refractivity contribution is 9.10. The van der Waals surface area contributed by atoms with Gasteiger partial charge >= 0.3 is 0 Å². The zero-order valence-corrected chi connectivity index (χ0v) is 12.6. The normalized spacial score (nSPS) is 26.2. The fourth-order valence-electron chi connectivity index (χ4n) is 2.36. The van der Waals surface area contributed by atoms with E-state index in [1.807, 2.05) is 11.3 Å². The standard InChI is InChI=1S/C12H17BrClNS/c1-15(7-10-6-9(13)8-16-10)12-5-3-2-4-11(12)14/h6,8,11-12H,2-5,7H2,1H3. The number of hydrogen-bond donors (Lipinski definition) is 0. The fourth-order valence-corrected chi connectivity index (χ4v) is 4.35. The molecule has 0 radical (unpaired) electrons. The smallest absolute Gasteiger partial charge is 0.0491 e. The minimum atomic E-state index is 0.335. The Morgan fingerprint density at radius 2 is 2.25 bits per heavy atom. The van der Waals surface area contributed by atoms with Crippen molar-refractivity contribution in [1.29, 1.82) is 0 Å². The van der Waals surface area contributed by atoms with Gasteiger partial charge in [0.05, 0.1) is 0 Å². The lowest BCUT2D eigenvalue weighted by Gasteiger charge is -2.34. The summed E-state index contributed by atoms with van der Waals surface area (Å²) in [5.74, 6) is 0. The molecule has 2 rings (SSSR count). The van der Waals surface area contributed by atoms with E-state index < -0.39 is 0 Å². The third-order valence-corrected chi connectivity index (χ3v) is 5.43. The van der Waals surface area contributed by atoms with Crippen LogP contribution in [0, 0.1) is 0 Å². The quantitative estimate of drug-likeness (QED) is 0.741. The van der Waals surface area contributed by atoms with E-state index in [4.69, 9.17) is 11.6 Å². The van der Waals surface area contributed by atoms with Crippen LogP contribution in [0.1, 0.15) is 30.6 Å². The van der Waals surface area contributed by atoms with Gasteiger partial charge in [-0.2, -0.15) is 0 Å². The van der Waals surface area contributed by atoms with E-state index in [1.165, 1.54) is 35.0 Å². The number of thiophene rings is 1. The van der Waals surface area contributed by atoms with E-state index in [0.717, 1.165) is 6.54 Å². The molecule has 1 saturated carbocycles. The van der Waals surface area contributed by atoms with Crippen molar-refractivity contribution in [3.8, 4) is 0 Å². The Kier molecular flexibility index (Phi) is 4.71. The largest absolute Gasteiger partial charge is 0.297 e. The molecule has 2 atom stereocenters. The van der Waals surface area contributed by atoms with Crippen molar-refractivity contribution in [3.05, 3.63) is 20.8 Å². The van der Waals surface area contributed by atoms with E-state index in [2.05, 4.69) is 39.3 Å². The van der Waals surface area contributed by atoms with Crippen LogP contribution in [0.3, 0.4) is 0 Å². The van der Waals surface area contributed by atoms with Crippen molar-refractivity contribution in [3.63, 3.8) is 0 Å². The van der Waals surface area contributed by atoms with Gasteiger partial charge in [-0.3, -0.25) is 4.90 Å². The van der Waals surface area contributed by atoms with Crippen LogP contribution >= 0.6 is 38.9 Å².